The lowest BCUT2D eigenvalue weighted by Gasteiger charge is -2.01. The number of carbonyl (C=O) groups excluding carboxylic acids is 1. The van der Waals surface area contributed by atoms with Gasteiger partial charge < -0.3 is 9.15 Å². The lowest BCUT2D eigenvalue weighted by Crippen LogP contribution is -2.16. The number of nitro groups is 1. The number of nitriles is 1. The van der Waals surface area contributed by atoms with Gasteiger partial charge in [0.15, 0.2) is 12.4 Å². The number of non-ortho nitro benzene ring substituents is 1. The zero-order valence-electron chi connectivity index (χ0n) is 13.8. The molecule has 0 spiro atoms. The van der Waals surface area contributed by atoms with Gasteiger partial charge in [0.2, 0.25) is 0 Å². The molecule has 0 aliphatic carbocycles. The number of nitrogens with zero attached hydrogens (tertiary/aromatic N) is 3. The van der Waals surface area contributed by atoms with Crippen LogP contribution in [0.2, 0.25) is 0 Å². The van der Waals surface area contributed by atoms with Gasteiger partial charge in [-0.25, -0.2) is 5.43 Å². The normalized spacial score (nSPS) is 10.6. The van der Waals surface area contributed by atoms with Gasteiger partial charge in [0.05, 0.1) is 11.1 Å². The standard InChI is InChI=1S/C18H12N4O5/c19-7-8-26-15-4-1-12(2-5-15)11-20-21-18(23)17-10-13-9-14(22(24)25)3-6-16(13)27-17/h1-6,9-11H,8H2,(H,21,23)/b20-11+. The molecule has 0 fully saturated rings. The van der Waals surface area contributed by atoms with Crippen molar-refractivity contribution in [1.29, 1.82) is 5.26 Å². The molecular weight excluding hydrogens is 352 g/mol. The zero-order chi connectivity index (χ0) is 19.2. The van der Waals surface area contributed by atoms with Crippen LogP contribution in [0.4, 0.5) is 5.69 Å². The molecule has 1 aromatic heterocycles. The topological polar surface area (TPSA) is 131 Å². The highest BCUT2D eigenvalue weighted by atomic mass is 16.6. The highest BCUT2D eigenvalue weighted by molar-refractivity contribution is 5.97. The number of ether oxygens (including phenoxy) is 1. The predicted octanol–water partition coefficient (Wildman–Crippen LogP) is 3.01. The summed E-state index contributed by atoms with van der Waals surface area (Å²) < 4.78 is 10.5. The summed E-state index contributed by atoms with van der Waals surface area (Å²) in [5.41, 5.74) is 3.31. The third-order valence-corrected chi connectivity index (χ3v) is 3.50. The number of fused-ring (bicyclic) bond motifs is 1. The lowest BCUT2D eigenvalue weighted by molar-refractivity contribution is -0.384. The van der Waals surface area contributed by atoms with Crippen molar-refractivity contribution < 1.29 is 18.9 Å². The molecule has 0 saturated carbocycles. The number of rotatable bonds is 6. The van der Waals surface area contributed by atoms with Crippen molar-refractivity contribution in [2.75, 3.05) is 6.61 Å². The molecule has 1 amide bonds. The number of carbonyl (C=O) groups is 1. The molecule has 0 bridgehead atoms. The van der Waals surface area contributed by atoms with Crippen LogP contribution in [0.5, 0.6) is 5.75 Å². The van der Waals surface area contributed by atoms with Crippen molar-refractivity contribution in [3.05, 3.63) is 70.0 Å². The Labute approximate surface area is 152 Å². The fourth-order valence-electron chi connectivity index (χ4n) is 2.24. The van der Waals surface area contributed by atoms with Gasteiger partial charge in [-0.3, -0.25) is 14.9 Å². The van der Waals surface area contributed by atoms with Crippen LogP contribution < -0.4 is 10.2 Å². The van der Waals surface area contributed by atoms with Crippen molar-refractivity contribution in [2.24, 2.45) is 5.10 Å². The van der Waals surface area contributed by atoms with E-state index in [2.05, 4.69) is 10.5 Å². The van der Waals surface area contributed by atoms with Crippen LogP contribution in [0, 0.1) is 21.4 Å². The Hall–Kier alpha value is -4.19. The van der Waals surface area contributed by atoms with Crippen LogP contribution in [0.1, 0.15) is 16.1 Å². The molecule has 9 nitrogen and oxygen atoms in total. The molecule has 134 valence electrons. The number of nitrogens with one attached hydrogen (secondary N) is 1. The average molecular weight is 364 g/mol. The van der Waals surface area contributed by atoms with Gasteiger partial charge in [0, 0.05) is 17.5 Å². The fraction of sp³-hybridized carbons (Fsp3) is 0.0556. The number of benzene rings is 2. The lowest BCUT2D eigenvalue weighted by atomic mass is 10.2. The molecule has 0 atom stereocenters. The van der Waals surface area contributed by atoms with E-state index in [1.165, 1.54) is 30.5 Å². The van der Waals surface area contributed by atoms with Crippen molar-refractivity contribution in [1.82, 2.24) is 5.43 Å². The molecular formula is C18H12N4O5. The van der Waals surface area contributed by atoms with Crippen molar-refractivity contribution in [3.8, 4) is 11.8 Å². The predicted molar refractivity (Wildman–Crippen MR) is 95.5 cm³/mol. The third kappa shape index (κ3) is 4.26. The maximum Gasteiger partial charge on any atom is 0.307 e. The van der Waals surface area contributed by atoms with E-state index >= 15 is 0 Å². The second-order valence-corrected chi connectivity index (χ2v) is 5.30. The van der Waals surface area contributed by atoms with Crippen LogP contribution in [0.25, 0.3) is 11.0 Å². The highest BCUT2D eigenvalue weighted by Crippen LogP contribution is 2.24. The Kier molecular flexibility index (Phi) is 5.09. The molecule has 3 rings (SSSR count). The first kappa shape index (κ1) is 17.6. The number of hydrogen-bond acceptors (Lipinski definition) is 7. The molecule has 3 aromatic rings. The summed E-state index contributed by atoms with van der Waals surface area (Å²) in [6.07, 6.45) is 1.43. The Morgan fingerprint density at radius 3 is 2.78 bits per heavy atom. The van der Waals surface area contributed by atoms with E-state index in [0.717, 1.165) is 0 Å². The van der Waals surface area contributed by atoms with Crippen molar-refractivity contribution in [3.63, 3.8) is 0 Å². The highest BCUT2D eigenvalue weighted by Gasteiger charge is 2.14. The van der Waals surface area contributed by atoms with Gasteiger partial charge in [-0.1, -0.05) is 0 Å². The van der Waals surface area contributed by atoms with Crippen LogP contribution >= 0.6 is 0 Å². The minimum absolute atomic E-state index is 0.0112. The summed E-state index contributed by atoms with van der Waals surface area (Å²) in [7, 11) is 0. The van der Waals surface area contributed by atoms with Crippen LogP contribution in [0.15, 0.2) is 58.0 Å². The summed E-state index contributed by atoms with van der Waals surface area (Å²) in [6, 6.07) is 14.1. The molecule has 0 radical (unpaired) electrons. The molecule has 9 heteroatoms. The Morgan fingerprint density at radius 2 is 2.07 bits per heavy atom. The molecule has 0 saturated heterocycles. The maximum absolute atomic E-state index is 12.1. The fourth-order valence-corrected chi connectivity index (χ4v) is 2.24. The van der Waals surface area contributed by atoms with Gasteiger partial charge in [-0.2, -0.15) is 10.4 Å². The van der Waals surface area contributed by atoms with E-state index < -0.39 is 10.8 Å². The quantitative estimate of drug-likeness (QED) is 0.406. The maximum atomic E-state index is 12.1. The average Bonchev–Trinajstić information content (AvgIpc) is 3.10. The SMILES string of the molecule is N#CCOc1ccc(/C=N/NC(=O)c2cc3cc([N+](=O)[O-])ccc3o2)cc1. The van der Waals surface area contributed by atoms with Gasteiger partial charge in [0.25, 0.3) is 5.69 Å². The van der Waals surface area contributed by atoms with Crippen LogP contribution in [0.3, 0.4) is 0 Å². The third-order valence-electron chi connectivity index (χ3n) is 3.50. The van der Waals surface area contributed by atoms with E-state index in [-0.39, 0.29) is 18.1 Å². The monoisotopic (exact) mass is 364 g/mol. The molecule has 0 aliphatic heterocycles. The van der Waals surface area contributed by atoms with Gasteiger partial charge in [0.1, 0.15) is 17.4 Å². The number of hydrogen-bond donors (Lipinski definition) is 1. The number of nitro benzene ring substituents is 1. The second-order valence-electron chi connectivity index (χ2n) is 5.30. The molecule has 1 heterocycles. The molecule has 2 aromatic carbocycles. The molecule has 27 heavy (non-hydrogen) atoms. The first-order valence-electron chi connectivity index (χ1n) is 7.68. The Balaban J connectivity index is 1.65. The summed E-state index contributed by atoms with van der Waals surface area (Å²) >= 11 is 0. The Bertz CT molecular complexity index is 1060. The van der Waals surface area contributed by atoms with E-state index in [1.807, 2.05) is 6.07 Å². The number of amides is 1. The first-order chi connectivity index (χ1) is 13.1. The summed E-state index contributed by atoms with van der Waals surface area (Å²) in [6.45, 7) is -0.0375. The van der Waals surface area contributed by atoms with Crippen LogP contribution in [-0.4, -0.2) is 23.7 Å². The molecule has 0 aliphatic rings. The second kappa shape index (κ2) is 7.79. The number of furan rings is 1. The molecule has 0 unspecified atom stereocenters. The van der Waals surface area contributed by atoms with Crippen molar-refractivity contribution in [2.45, 2.75) is 0 Å². The van der Waals surface area contributed by atoms with E-state index in [0.29, 0.717) is 22.3 Å². The van der Waals surface area contributed by atoms with Gasteiger partial charge in [-0.15, -0.1) is 0 Å². The van der Waals surface area contributed by atoms with E-state index in [1.54, 1.807) is 24.3 Å². The summed E-state index contributed by atoms with van der Waals surface area (Å²) in [4.78, 5) is 22.4. The van der Waals surface area contributed by atoms with E-state index in [9.17, 15) is 14.9 Å². The van der Waals surface area contributed by atoms with Crippen LogP contribution in [-0.2, 0) is 0 Å². The number of hydrazone groups is 1. The first-order valence-corrected chi connectivity index (χ1v) is 7.68. The van der Waals surface area contributed by atoms with Gasteiger partial charge in [-0.05, 0) is 42.0 Å². The minimum atomic E-state index is -0.584. The van der Waals surface area contributed by atoms with E-state index in [4.69, 9.17) is 14.4 Å². The Morgan fingerprint density at radius 1 is 1.30 bits per heavy atom. The largest absolute Gasteiger partial charge is 0.479 e. The minimum Gasteiger partial charge on any atom is -0.479 e. The summed E-state index contributed by atoms with van der Waals surface area (Å²) in [5.74, 6) is -0.0453. The zero-order valence-corrected chi connectivity index (χ0v) is 13.8. The molecule has 1 N–H and O–H groups in total. The summed E-state index contributed by atoms with van der Waals surface area (Å²) in [5, 5.41) is 23.5. The van der Waals surface area contributed by atoms with Crippen molar-refractivity contribution >= 4 is 28.8 Å². The smallest absolute Gasteiger partial charge is 0.307 e. The van der Waals surface area contributed by atoms with Gasteiger partial charge >= 0.3 is 5.91 Å².